The lowest BCUT2D eigenvalue weighted by molar-refractivity contribution is 0.145. The van der Waals surface area contributed by atoms with Crippen LogP contribution in [-0.2, 0) is 6.42 Å². The zero-order valence-electron chi connectivity index (χ0n) is 7.80. The molecule has 0 spiro atoms. The normalized spacial score (nSPS) is 10.1. The van der Waals surface area contributed by atoms with Crippen molar-refractivity contribution in [1.29, 1.82) is 5.26 Å². The van der Waals surface area contributed by atoms with Gasteiger partial charge in [0.05, 0.1) is 37.1 Å². The SMILES string of the molecule is COc1cnc(CC#N)c(I)c1C(F)F. The third-order valence-corrected chi connectivity index (χ3v) is 2.98. The molecule has 1 aromatic heterocycles. The summed E-state index contributed by atoms with van der Waals surface area (Å²) in [5.74, 6) is 0.0519. The molecule has 3 nitrogen and oxygen atoms in total. The van der Waals surface area contributed by atoms with Gasteiger partial charge < -0.3 is 4.74 Å². The van der Waals surface area contributed by atoms with Gasteiger partial charge in [-0.25, -0.2) is 8.78 Å². The summed E-state index contributed by atoms with van der Waals surface area (Å²) in [4.78, 5) is 3.89. The van der Waals surface area contributed by atoms with Gasteiger partial charge in [0.15, 0.2) is 0 Å². The van der Waals surface area contributed by atoms with E-state index in [1.165, 1.54) is 13.3 Å². The predicted molar refractivity (Wildman–Crippen MR) is 57.8 cm³/mol. The van der Waals surface area contributed by atoms with Gasteiger partial charge in [-0.15, -0.1) is 0 Å². The van der Waals surface area contributed by atoms with E-state index in [0.717, 1.165) is 0 Å². The fourth-order valence-electron chi connectivity index (χ4n) is 1.09. The predicted octanol–water partition coefficient (Wildman–Crippen LogP) is 2.70. The van der Waals surface area contributed by atoms with E-state index in [-0.39, 0.29) is 17.7 Å². The molecule has 6 heteroatoms. The Hall–Kier alpha value is -0.970. The van der Waals surface area contributed by atoms with E-state index in [2.05, 4.69) is 4.98 Å². The first kappa shape index (κ1) is 12.1. The van der Waals surface area contributed by atoms with Crippen molar-refractivity contribution in [1.82, 2.24) is 4.98 Å². The monoisotopic (exact) mass is 324 g/mol. The molecule has 0 unspecified atom stereocenters. The van der Waals surface area contributed by atoms with Crippen molar-refractivity contribution in [3.8, 4) is 11.8 Å². The van der Waals surface area contributed by atoms with Gasteiger partial charge in [0.1, 0.15) is 5.75 Å². The number of nitrogens with zero attached hydrogens (tertiary/aromatic N) is 2. The zero-order valence-corrected chi connectivity index (χ0v) is 9.96. The number of hydrogen-bond acceptors (Lipinski definition) is 3. The molecule has 0 bridgehead atoms. The van der Waals surface area contributed by atoms with Crippen LogP contribution < -0.4 is 4.74 Å². The van der Waals surface area contributed by atoms with Crippen molar-refractivity contribution >= 4 is 22.6 Å². The molecule has 1 rings (SSSR count). The second-order valence-corrected chi connectivity index (χ2v) is 3.72. The molecule has 0 aliphatic rings. The molecule has 80 valence electrons. The van der Waals surface area contributed by atoms with Crippen LogP contribution in [0.1, 0.15) is 17.7 Å². The van der Waals surface area contributed by atoms with E-state index in [1.807, 2.05) is 6.07 Å². The Kier molecular flexibility index (Phi) is 4.20. The van der Waals surface area contributed by atoms with E-state index in [1.54, 1.807) is 22.6 Å². The lowest BCUT2D eigenvalue weighted by Crippen LogP contribution is -2.02. The van der Waals surface area contributed by atoms with Crippen LogP contribution in [0.25, 0.3) is 0 Å². The molecule has 0 saturated heterocycles. The van der Waals surface area contributed by atoms with Gasteiger partial charge in [0.2, 0.25) is 0 Å². The fourth-order valence-corrected chi connectivity index (χ4v) is 1.92. The Bertz CT molecular complexity index is 404. The summed E-state index contributed by atoms with van der Waals surface area (Å²) in [5.41, 5.74) is 0.160. The molecule has 1 aromatic rings. The lowest BCUT2D eigenvalue weighted by atomic mass is 10.2. The molecular weight excluding hydrogens is 317 g/mol. The number of nitriles is 1. The molecule has 0 amide bonds. The van der Waals surface area contributed by atoms with Gasteiger partial charge in [-0.2, -0.15) is 5.26 Å². The summed E-state index contributed by atoms with van der Waals surface area (Å²) in [6.07, 6.45) is -1.40. The number of halogens is 3. The Morgan fingerprint density at radius 3 is 2.80 bits per heavy atom. The van der Waals surface area contributed by atoms with Crippen molar-refractivity contribution < 1.29 is 13.5 Å². The summed E-state index contributed by atoms with van der Waals surface area (Å²) in [5, 5.41) is 8.49. The van der Waals surface area contributed by atoms with Crippen LogP contribution in [0, 0.1) is 14.9 Å². The van der Waals surface area contributed by atoms with Gasteiger partial charge in [-0.3, -0.25) is 4.98 Å². The van der Waals surface area contributed by atoms with E-state index in [0.29, 0.717) is 9.26 Å². The molecule has 15 heavy (non-hydrogen) atoms. The van der Waals surface area contributed by atoms with Crippen LogP contribution in [0.2, 0.25) is 0 Å². The number of rotatable bonds is 3. The summed E-state index contributed by atoms with van der Waals surface area (Å²) < 4.78 is 30.5. The van der Waals surface area contributed by atoms with Gasteiger partial charge in [0.25, 0.3) is 6.43 Å². The third-order valence-electron chi connectivity index (χ3n) is 1.78. The molecule has 0 aliphatic carbocycles. The van der Waals surface area contributed by atoms with Crippen molar-refractivity contribution in [3.05, 3.63) is 21.0 Å². The van der Waals surface area contributed by atoms with E-state index in [4.69, 9.17) is 10.00 Å². The fraction of sp³-hybridized carbons (Fsp3) is 0.333. The largest absolute Gasteiger partial charge is 0.495 e. The van der Waals surface area contributed by atoms with Crippen LogP contribution in [0.4, 0.5) is 8.78 Å². The van der Waals surface area contributed by atoms with Crippen LogP contribution in [0.5, 0.6) is 5.75 Å². The minimum Gasteiger partial charge on any atom is -0.495 e. The van der Waals surface area contributed by atoms with Crippen molar-refractivity contribution in [2.75, 3.05) is 7.11 Å². The number of ether oxygens (including phenoxy) is 1. The molecule has 0 aliphatic heterocycles. The van der Waals surface area contributed by atoms with Crippen LogP contribution >= 0.6 is 22.6 Å². The van der Waals surface area contributed by atoms with Crippen LogP contribution in [0.15, 0.2) is 6.20 Å². The van der Waals surface area contributed by atoms with Gasteiger partial charge >= 0.3 is 0 Å². The third kappa shape index (κ3) is 2.53. The van der Waals surface area contributed by atoms with Crippen molar-refractivity contribution in [2.24, 2.45) is 0 Å². The first-order chi connectivity index (χ1) is 7.11. The summed E-state index contributed by atoms with van der Waals surface area (Å²) in [6.45, 7) is 0. The van der Waals surface area contributed by atoms with Crippen LogP contribution in [-0.4, -0.2) is 12.1 Å². The molecule has 0 fully saturated rings. The lowest BCUT2D eigenvalue weighted by Gasteiger charge is -2.11. The summed E-state index contributed by atoms with van der Waals surface area (Å²) in [6, 6.07) is 1.88. The average Bonchev–Trinajstić information content (AvgIpc) is 2.20. The maximum Gasteiger partial charge on any atom is 0.268 e. The average molecular weight is 324 g/mol. The summed E-state index contributed by atoms with van der Waals surface area (Å²) >= 11 is 1.75. The Labute approximate surface area is 99.2 Å². The van der Waals surface area contributed by atoms with E-state index < -0.39 is 6.43 Å². The summed E-state index contributed by atoms with van der Waals surface area (Å²) in [7, 11) is 1.31. The number of aromatic nitrogens is 1. The van der Waals surface area contributed by atoms with E-state index >= 15 is 0 Å². The van der Waals surface area contributed by atoms with Gasteiger partial charge in [-0.1, -0.05) is 0 Å². The maximum absolute atomic E-state index is 12.7. The second kappa shape index (κ2) is 5.21. The van der Waals surface area contributed by atoms with Gasteiger partial charge in [-0.05, 0) is 22.6 Å². The molecule has 0 aromatic carbocycles. The Balaban J connectivity index is 3.30. The Morgan fingerprint density at radius 2 is 2.33 bits per heavy atom. The molecular formula is C9H7F2IN2O. The molecule has 0 saturated carbocycles. The molecule has 0 radical (unpaired) electrons. The standard InChI is InChI=1S/C9H7F2IN2O/c1-15-6-4-14-5(2-3-13)8(12)7(6)9(10)11/h4,9H,2H2,1H3. The topological polar surface area (TPSA) is 45.9 Å². The highest BCUT2D eigenvalue weighted by Crippen LogP contribution is 2.33. The first-order valence-corrected chi connectivity index (χ1v) is 5.06. The molecule has 0 atom stereocenters. The van der Waals surface area contributed by atoms with Gasteiger partial charge in [0, 0.05) is 3.57 Å². The number of pyridine rings is 1. The highest BCUT2D eigenvalue weighted by Gasteiger charge is 2.20. The minimum atomic E-state index is -2.63. The smallest absolute Gasteiger partial charge is 0.268 e. The number of hydrogen-bond donors (Lipinski definition) is 0. The van der Waals surface area contributed by atoms with Crippen molar-refractivity contribution in [3.63, 3.8) is 0 Å². The highest BCUT2D eigenvalue weighted by molar-refractivity contribution is 14.1. The second-order valence-electron chi connectivity index (χ2n) is 2.64. The highest BCUT2D eigenvalue weighted by atomic mass is 127. The van der Waals surface area contributed by atoms with Crippen LogP contribution in [0.3, 0.4) is 0 Å². The van der Waals surface area contributed by atoms with E-state index in [9.17, 15) is 8.78 Å². The Morgan fingerprint density at radius 1 is 1.67 bits per heavy atom. The molecule has 0 N–H and O–H groups in total. The van der Waals surface area contributed by atoms with Crippen molar-refractivity contribution in [2.45, 2.75) is 12.8 Å². The molecule has 1 heterocycles. The number of methoxy groups -OCH3 is 1. The maximum atomic E-state index is 12.7. The quantitative estimate of drug-likeness (QED) is 0.803. The minimum absolute atomic E-state index is 0.0159. The zero-order chi connectivity index (χ0) is 11.4. The first-order valence-electron chi connectivity index (χ1n) is 3.98. The number of alkyl halides is 2.